The zero-order valence-electron chi connectivity index (χ0n) is 14.2. The number of pyridine rings is 1. The number of imidazole rings is 1. The molecule has 3 aromatic rings. The molecule has 1 amide bonds. The van der Waals surface area contributed by atoms with Gasteiger partial charge < -0.3 is 10.0 Å². The van der Waals surface area contributed by atoms with Crippen molar-refractivity contribution in [1.82, 2.24) is 19.4 Å². The summed E-state index contributed by atoms with van der Waals surface area (Å²) in [6.45, 7) is 1.54. The fourth-order valence-electron chi connectivity index (χ4n) is 3.08. The van der Waals surface area contributed by atoms with Gasteiger partial charge in [-0.15, -0.1) is 0 Å². The molecule has 1 saturated carbocycles. The molecule has 1 aromatic carbocycles. The van der Waals surface area contributed by atoms with Crippen LogP contribution in [-0.4, -0.2) is 48.5 Å². The van der Waals surface area contributed by atoms with Gasteiger partial charge in [-0.3, -0.25) is 9.36 Å². The number of hydrogen-bond donors (Lipinski definition) is 1. The monoisotopic (exact) mass is 350 g/mol. The van der Waals surface area contributed by atoms with Crippen LogP contribution < -0.4 is 0 Å². The molecule has 0 radical (unpaired) electrons. The highest BCUT2D eigenvalue weighted by Crippen LogP contribution is 2.30. The fraction of sp³-hybridized carbons (Fsp3) is 0.263. The van der Waals surface area contributed by atoms with E-state index in [0.717, 1.165) is 23.9 Å². The highest BCUT2D eigenvalue weighted by atomic mass is 16.4. The summed E-state index contributed by atoms with van der Waals surface area (Å²) in [5.41, 5.74) is 2.18. The molecule has 132 valence electrons. The average molecular weight is 350 g/mol. The van der Waals surface area contributed by atoms with Gasteiger partial charge >= 0.3 is 5.97 Å². The number of carboxylic acids is 1. The van der Waals surface area contributed by atoms with Crippen LogP contribution >= 0.6 is 0 Å². The van der Waals surface area contributed by atoms with Gasteiger partial charge in [-0.1, -0.05) is 12.1 Å². The predicted molar refractivity (Wildman–Crippen MR) is 95.2 cm³/mol. The third-order valence-electron chi connectivity index (χ3n) is 4.64. The molecule has 4 rings (SSSR count). The molecular formula is C19H18N4O3. The minimum absolute atomic E-state index is 0.00543. The Labute approximate surface area is 149 Å². The summed E-state index contributed by atoms with van der Waals surface area (Å²) in [4.78, 5) is 34.3. The number of nitrogens with zero attached hydrogens (tertiary/aromatic N) is 4. The third-order valence-corrected chi connectivity index (χ3v) is 4.64. The Morgan fingerprint density at radius 3 is 2.62 bits per heavy atom. The summed E-state index contributed by atoms with van der Waals surface area (Å²) in [5.74, 6) is -0.642. The van der Waals surface area contributed by atoms with Crippen LogP contribution in [0.4, 0.5) is 0 Å². The second kappa shape index (κ2) is 6.25. The first kappa shape index (κ1) is 16.3. The predicted octanol–water partition coefficient (Wildman–Crippen LogP) is 2.50. The number of carbonyl (C=O) groups is 2. The van der Waals surface area contributed by atoms with Crippen LogP contribution in [-0.2, 0) is 4.79 Å². The van der Waals surface area contributed by atoms with E-state index in [-0.39, 0.29) is 11.9 Å². The van der Waals surface area contributed by atoms with Crippen LogP contribution in [0.5, 0.6) is 0 Å². The Balaban J connectivity index is 1.63. The lowest BCUT2D eigenvalue weighted by Crippen LogP contribution is -2.44. The van der Waals surface area contributed by atoms with Crippen LogP contribution in [0.1, 0.15) is 30.1 Å². The van der Waals surface area contributed by atoms with Crippen molar-refractivity contribution < 1.29 is 14.7 Å². The first-order valence-corrected chi connectivity index (χ1v) is 8.50. The van der Waals surface area contributed by atoms with E-state index in [9.17, 15) is 14.7 Å². The maximum Gasteiger partial charge on any atom is 0.326 e. The number of para-hydroxylation sites is 2. The Hall–Kier alpha value is -3.22. The van der Waals surface area contributed by atoms with Crippen LogP contribution in [0.3, 0.4) is 0 Å². The van der Waals surface area contributed by atoms with Gasteiger partial charge in [-0.05, 0) is 44.0 Å². The number of hydrogen-bond acceptors (Lipinski definition) is 4. The normalized spacial score (nSPS) is 15.0. The molecule has 2 aromatic heterocycles. The van der Waals surface area contributed by atoms with Crippen molar-refractivity contribution in [1.29, 1.82) is 0 Å². The van der Waals surface area contributed by atoms with E-state index >= 15 is 0 Å². The molecule has 1 aliphatic carbocycles. The average Bonchev–Trinajstić information content (AvgIpc) is 3.39. The minimum atomic E-state index is -1.00. The maximum atomic E-state index is 12.8. The van der Waals surface area contributed by atoms with Crippen LogP contribution in [0.15, 0.2) is 48.9 Å². The highest BCUT2D eigenvalue weighted by molar-refractivity contribution is 5.96. The standard InChI is InChI=1S/C19H18N4O3/c1-12(19(25)26)23(14-7-8-14)18(24)13-6-9-17(20-10-13)22-11-21-15-4-2-3-5-16(15)22/h2-6,9-12,14H,7-8H2,1H3,(H,25,26). The van der Waals surface area contributed by atoms with Gasteiger partial charge in [0, 0.05) is 12.2 Å². The Morgan fingerprint density at radius 2 is 1.96 bits per heavy atom. The van der Waals surface area contributed by atoms with E-state index in [1.807, 2.05) is 28.8 Å². The van der Waals surface area contributed by atoms with E-state index in [4.69, 9.17) is 0 Å². The highest BCUT2D eigenvalue weighted by Gasteiger charge is 2.38. The Kier molecular flexibility index (Phi) is 3.91. The largest absolute Gasteiger partial charge is 0.480 e. The molecule has 0 bridgehead atoms. The lowest BCUT2D eigenvalue weighted by atomic mass is 10.2. The molecule has 1 atom stereocenters. The maximum absolute atomic E-state index is 12.8. The van der Waals surface area contributed by atoms with Crippen molar-refractivity contribution in [2.45, 2.75) is 31.8 Å². The number of aromatic nitrogens is 3. The third kappa shape index (κ3) is 2.81. The molecule has 1 unspecified atom stereocenters. The van der Waals surface area contributed by atoms with E-state index in [1.54, 1.807) is 18.5 Å². The smallest absolute Gasteiger partial charge is 0.326 e. The van der Waals surface area contributed by atoms with Gasteiger partial charge in [0.15, 0.2) is 0 Å². The summed E-state index contributed by atoms with van der Waals surface area (Å²) < 4.78 is 1.85. The molecule has 1 N–H and O–H groups in total. The number of aliphatic carboxylic acids is 1. The van der Waals surface area contributed by atoms with Crippen LogP contribution in [0.25, 0.3) is 16.9 Å². The molecule has 0 aliphatic heterocycles. The fourth-order valence-corrected chi connectivity index (χ4v) is 3.08. The summed E-state index contributed by atoms with van der Waals surface area (Å²) in [6, 6.07) is 10.3. The van der Waals surface area contributed by atoms with Gasteiger partial charge in [0.25, 0.3) is 5.91 Å². The Morgan fingerprint density at radius 1 is 1.19 bits per heavy atom. The van der Waals surface area contributed by atoms with Crippen molar-refractivity contribution in [2.24, 2.45) is 0 Å². The second-order valence-corrected chi connectivity index (χ2v) is 6.47. The number of amides is 1. The number of benzene rings is 1. The minimum Gasteiger partial charge on any atom is -0.480 e. The molecule has 2 heterocycles. The number of fused-ring (bicyclic) bond motifs is 1. The van der Waals surface area contributed by atoms with Crippen molar-refractivity contribution in [3.63, 3.8) is 0 Å². The molecule has 0 saturated heterocycles. The Bertz CT molecular complexity index is 976. The first-order chi connectivity index (χ1) is 12.6. The quantitative estimate of drug-likeness (QED) is 0.764. The number of carbonyl (C=O) groups excluding carboxylic acids is 1. The molecule has 26 heavy (non-hydrogen) atoms. The van der Waals surface area contributed by atoms with Gasteiger partial charge in [0.2, 0.25) is 0 Å². The van der Waals surface area contributed by atoms with Crippen LogP contribution in [0, 0.1) is 0 Å². The lowest BCUT2D eigenvalue weighted by molar-refractivity contribution is -0.141. The van der Waals surface area contributed by atoms with E-state index in [2.05, 4.69) is 9.97 Å². The van der Waals surface area contributed by atoms with Crippen molar-refractivity contribution in [3.8, 4) is 5.82 Å². The van der Waals surface area contributed by atoms with E-state index in [1.165, 1.54) is 18.0 Å². The molecule has 1 fully saturated rings. The van der Waals surface area contributed by atoms with Gasteiger partial charge in [-0.25, -0.2) is 14.8 Å². The van der Waals surface area contributed by atoms with Crippen molar-refractivity contribution in [3.05, 3.63) is 54.5 Å². The van der Waals surface area contributed by atoms with Crippen molar-refractivity contribution in [2.75, 3.05) is 0 Å². The molecule has 1 aliphatic rings. The second-order valence-electron chi connectivity index (χ2n) is 6.47. The SMILES string of the molecule is CC(C(=O)O)N(C(=O)c1ccc(-n2cnc3ccccc32)nc1)C1CC1. The number of rotatable bonds is 5. The molecular weight excluding hydrogens is 332 g/mol. The van der Waals surface area contributed by atoms with Gasteiger partial charge in [0.1, 0.15) is 18.2 Å². The summed E-state index contributed by atoms with van der Waals surface area (Å²) in [7, 11) is 0. The van der Waals surface area contributed by atoms with Crippen LogP contribution in [0.2, 0.25) is 0 Å². The first-order valence-electron chi connectivity index (χ1n) is 8.50. The van der Waals surface area contributed by atoms with Crippen molar-refractivity contribution >= 4 is 22.9 Å². The zero-order valence-corrected chi connectivity index (χ0v) is 14.2. The molecule has 7 nitrogen and oxygen atoms in total. The van der Waals surface area contributed by atoms with E-state index < -0.39 is 12.0 Å². The number of carboxylic acid groups (broad SMARTS) is 1. The summed E-state index contributed by atoms with van der Waals surface area (Å²) in [6.07, 6.45) is 4.87. The zero-order chi connectivity index (χ0) is 18.3. The van der Waals surface area contributed by atoms with E-state index in [0.29, 0.717) is 11.4 Å². The molecule has 7 heteroatoms. The molecule has 0 spiro atoms. The summed E-state index contributed by atoms with van der Waals surface area (Å²) >= 11 is 0. The van der Waals surface area contributed by atoms with Gasteiger partial charge in [-0.2, -0.15) is 0 Å². The topological polar surface area (TPSA) is 88.3 Å². The summed E-state index contributed by atoms with van der Waals surface area (Å²) in [5, 5.41) is 9.27. The lowest BCUT2D eigenvalue weighted by Gasteiger charge is -2.26. The van der Waals surface area contributed by atoms with Gasteiger partial charge in [0.05, 0.1) is 16.6 Å².